The molecule has 0 N–H and O–H groups in total. The van der Waals surface area contributed by atoms with E-state index in [1.165, 1.54) is 51.4 Å². The Bertz CT molecular complexity index is 884. The quantitative estimate of drug-likeness (QED) is 0.125. The van der Waals surface area contributed by atoms with Gasteiger partial charge in [0.15, 0.2) is 0 Å². The maximum absolute atomic E-state index is 13.4. The van der Waals surface area contributed by atoms with E-state index < -0.39 is 47.0 Å². The molecule has 1 atom stereocenters. The fraction of sp³-hybridized carbons (Fsp3) is 0.714. The van der Waals surface area contributed by atoms with E-state index in [0.29, 0.717) is 18.9 Å². The van der Waals surface area contributed by atoms with E-state index >= 15 is 0 Å². The lowest BCUT2D eigenvalue weighted by Crippen LogP contribution is -2.42. The van der Waals surface area contributed by atoms with Gasteiger partial charge in [0.05, 0.1) is 23.3 Å². The molecule has 1 aromatic carbocycles. The summed E-state index contributed by atoms with van der Waals surface area (Å²) >= 11 is 0. The van der Waals surface area contributed by atoms with Crippen LogP contribution < -0.4 is 0 Å². The van der Waals surface area contributed by atoms with Crippen LogP contribution >= 0.6 is 0 Å². The molecule has 0 bridgehead atoms. The molecular weight excluding hydrogens is 512 g/mol. The zero-order valence-corrected chi connectivity index (χ0v) is 22.1. The molecule has 38 heavy (non-hydrogen) atoms. The molecule has 10 heteroatoms. The van der Waals surface area contributed by atoms with Gasteiger partial charge in [0.2, 0.25) is 0 Å². The molecular formula is C28H39F6NO3. The second-order valence-electron chi connectivity index (χ2n) is 9.97. The van der Waals surface area contributed by atoms with Crippen molar-refractivity contribution in [2.45, 2.75) is 115 Å². The van der Waals surface area contributed by atoms with Gasteiger partial charge in [-0.15, -0.1) is 0 Å². The van der Waals surface area contributed by atoms with Crippen molar-refractivity contribution in [3.63, 3.8) is 0 Å². The van der Waals surface area contributed by atoms with Gasteiger partial charge < -0.3 is 9.64 Å². The average molecular weight is 552 g/mol. The van der Waals surface area contributed by atoms with E-state index in [-0.39, 0.29) is 31.7 Å². The Balaban J connectivity index is 1.81. The number of halogens is 6. The summed E-state index contributed by atoms with van der Waals surface area (Å²) in [5.41, 5.74) is -3.95. The number of esters is 1. The Hall–Kier alpha value is -2.26. The first-order chi connectivity index (χ1) is 18.0. The maximum atomic E-state index is 13.4. The van der Waals surface area contributed by atoms with Crippen LogP contribution in [0, 0.1) is 0 Å². The molecule has 4 nitrogen and oxygen atoms in total. The van der Waals surface area contributed by atoms with Crippen LogP contribution in [0.2, 0.25) is 0 Å². The Morgan fingerprint density at radius 2 is 1.39 bits per heavy atom. The average Bonchev–Trinajstić information content (AvgIpc) is 3.35. The van der Waals surface area contributed by atoms with E-state index in [2.05, 4.69) is 6.92 Å². The van der Waals surface area contributed by atoms with Crippen molar-refractivity contribution in [1.82, 2.24) is 4.90 Å². The van der Waals surface area contributed by atoms with Crippen LogP contribution in [-0.4, -0.2) is 36.0 Å². The van der Waals surface area contributed by atoms with Crippen molar-refractivity contribution in [2.75, 3.05) is 13.2 Å². The number of likely N-dealkylation sites (tertiary alicyclic amines) is 1. The van der Waals surface area contributed by atoms with Gasteiger partial charge in [0, 0.05) is 6.54 Å². The van der Waals surface area contributed by atoms with Crippen LogP contribution in [0.3, 0.4) is 0 Å². The molecule has 0 saturated carbocycles. The molecule has 1 aromatic rings. The van der Waals surface area contributed by atoms with Crippen molar-refractivity contribution in [1.29, 1.82) is 0 Å². The topological polar surface area (TPSA) is 46.6 Å². The number of ether oxygens (including phenoxy) is 1. The van der Waals surface area contributed by atoms with Crippen LogP contribution in [0.5, 0.6) is 0 Å². The number of hydrogen-bond donors (Lipinski definition) is 0. The first-order valence-corrected chi connectivity index (χ1v) is 13.7. The van der Waals surface area contributed by atoms with Crippen molar-refractivity contribution in [3.8, 4) is 0 Å². The third-order valence-corrected chi connectivity index (χ3v) is 6.91. The molecule has 1 unspecified atom stereocenters. The Kier molecular flexibility index (Phi) is 12.9. The SMILES string of the molecule is CCCCCCCCCCCCCCOC(=O)C1CCCN1C(=O)c1cc(C(F)(F)F)ccc1C(F)(F)F. The molecule has 1 aliphatic heterocycles. The minimum Gasteiger partial charge on any atom is -0.464 e. The lowest BCUT2D eigenvalue weighted by molar-refractivity contribution is -0.148. The van der Waals surface area contributed by atoms with E-state index in [1.54, 1.807) is 0 Å². The monoisotopic (exact) mass is 551 g/mol. The van der Waals surface area contributed by atoms with Gasteiger partial charge in [-0.25, -0.2) is 4.79 Å². The highest BCUT2D eigenvalue weighted by molar-refractivity contribution is 5.98. The third-order valence-electron chi connectivity index (χ3n) is 6.91. The fourth-order valence-corrected chi connectivity index (χ4v) is 4.77. The highest BCUT2D eigenvalue weighted by Gasteiger charge is 2.42. The number of amides is 1. The minimum atomic E-state index is -5.03. The smallest absolute Gasteiger partial charge is 0.417 e. The predicted molar refractivity (Wildman–Crippen MR) is 133 cm³/mol. The number of hydrogen-bond acceptors (Lipinski definition) is 3. The number of benzene rings is 1. The summed E-state index contributed by atoms with van der Waals surface area (Å²) in [5, 5.41) is 0. The zero-order valence-electron chi connectivity index (χ0n) is 22.1. The van der Waals surface area contributed by atoms with Crippen LogP contribution in [0.25, 0.3) is 0 Å². The zero-order chi connectivity index (χ0) is 28.2. The van der Waals surface area contributed by atoms with Gasteiger partial charge >= 0.3 is 18.3 Å². The minimum absolute atomic E-state index is 0.0370. The lowest BCUT2D eigenvalue weighted by atomic mass is 10.0. The standard InChI is InChI=1S/C28H39F6NO3/c1-2-3-4-5-6-7-8-9-10-11-12-13-19-38-26(37)24-15-14-18-35(24)25(36)22-20-21(27(29,30)31)16-17-23(22)28(32,33)34/h16-17,20,24H,2-15,18-19H2,1H3. The van der Waals surface area contributed by atoms with Crippen LogP contribution in [-0.2, 0) is 21.9 Å². The van der Waals surface area contributed by atoms with Gasteiger partial charge in [0.25, 0.3) is 5.91 Å². The van der Waals surface area contributed by atoms with Crippen molar-refractivity contribution < 1.29 is 40.7 Å². The number of carbonyl (C=O) groups excluding carboxylic acids is 2. The van der Waals surface area contributed by atoms with Gasteiger partial charge in [0.1, 0.15) is 6.04 Å². The summed E-state index contributed by atoms with van der Waals surface area (Å²) in [5.74, 6) is -1.99. The number of nitrogens with zero attached hydrogens (tertiary/aromatic N) is 1. The summed E-state index contributed by atoms with van der Waals surface area (Å²) in [7, 11) is 0. The van der Waals surface area contributed by atoms with Gasteiger partial charge in [-0.1, -0.05) is 77.6 Å². The largest absolute Gasteiger partial charge is 0.464 e. The first kappa shape index (κ1) is 32.0. The number of alkyl halides is 6. The Labute approximate surface area is 221 Å². The molecule has 0 spiro atoms. The highest BCUT2D eigenvalue weighted by atomic mass is 19.4. The van der Waals surface area contributed by atoms with E-state index in [1.807, 2.05) is 0 Å². The molecule has 1 heterocycles. The summed E-state index contributed by atoms with van der Waals surface area (Å²) in [6.45, 7) is 2.29. The molecule has 0 aromatic heterocycles. The highest BCUT2D eigenvalue weighted by Crippen LogP contribution is 2.37. The van der Waals surface area contributed by atoms with Crippen molar-refractivity contribution >= 4 is 11.9 Å². The van der Waals surface area contributed by atoms with Crippen molar-refractivity contribution in [2.24, 2.45) is 0 Å². The summed E-state index contributed by atoms with van der Waals surface area (Å²) in [4.78, 5) is 26.4. The molecule has 1 fully saturated rings. The van der Waals surface area contributed by atoms with E-state index in [9.17, 15) is 35.9 Å². The predicted octanol–water partition coefficient (Wildman–Crippen LogP) is 8.57. The second kappa shape index (κ2) is 15.4. The molecule has 2 rings (SSSR count). The molecule has 1 aliphatic rings. The Morgan fingerprint density at radius 3 is 1.92 bits per heavy atom. The summed E-state index contributed by atoms with van der Waals surface area (Å²) in [6.07, 6.45) is 4.26. The molecule has 0 radical (unpaired) electrons. The van der Waals surface area contributed by atoms with Crippen LogP contribution in [0.15, 0.2) is 18.2 Å². The second-order valence-corrected chi connectivity index (χ2v) is 9.97. The maximum Gasteiger partial charge on any atom is 0.417 e. The van der Waals surface area contributed by atoms with Gasteiger partial charge in [-0.3, -0.25) is 4.79 Å². The third kappa shape index (κ3) is 10.1. The first-order valence-electron chi connectivity index (χ1n) is 13.7. The van der Waals surface area contributed by atoms with Crippen LogP contribution in [0.4, 0.5) is 26.3 Å². The lowest BCUT2D eigenvalue weighted by Gasteiger charge is -2.25. The molecule has 1 saturated heterocycles. The molecule has 0 aliphatic carbocycles. The number of rotatable bonds is 15. The van der Waals surface area contributed by atoms with Crippen LogP contribution in [0.1, 0.15) is 118 Å². The summed E-state index contributed by atoms with van der Waals surface area (Å²) in [6, 6.07) is -0.356. The number of carbonyl (C=O) groups is 2. The fourth-order valence-electron chi connectivity index (χ4n) is 4.77. The Morgan fingerprint density at radius 1 is 0.842 bits per heavy atom. The molecule has 216 valence electrons. The number of unbranched alkanes of at least 4 members (excludes halogenated alkanes) is 11. The van der Waals surface area contributed by atoms with Gasteiger partial charge in [-0.2, -0.15) is 26.3 Å². The van der Waals surface area contributed by atoms with E-state index in [4.69, 9.17) is 4.74 Å². The van der Waals surface area contributed by atoms with Crippen molar-refractivity contribution in [3.05, 3.63) is 34.9 Å². The molecule has 1 amide bonds. The normalized spacial score (nSPS) is 16.2. The van der Waals surface area contributed by atoms with E-state index in [0.717, 1.165) is 24.2 Å². The summed E-state index contributed by atoms with van der Waals surface area (Å²) < 4.78 is 85.0. The van der Waals surface area contributed by atoms with Gasteiger partial charge in [-0.05, 0) is 37.5 Å².